The fourth-order valence-electron chi connectivity index (χ4n) is 2.27. The van der Waals surface area contributed by atoms with Crippen LogP contribution in [-0.4, -0.2) is 45.5 Å². The maximum Gasteiger partial charge on any atom is 0.0921 e. The molecule has 0 amide bonds. The van der Waals surface area contributed by atoms with Crippen molar-refractivity contribution in [3.63, 3.8) is 0 Å². The SMILES string of the molecule is C(=NCCc1cnc[nH]1)c1cccc(C=NCCc2cnc[nH]2)c1. The van der Waals surface area contributed by atoms with Crippen molar-refractivity contribution in [2.45, 2.75) is 12.8 Å². The van der Waals surface area contributed by atoms with Gasteiger partial charge < -0.3 is 9.97 Å². The van der Waals surface area contributed by atoms with E-state index in [9.17, 15) is 0 Å². The van der Waals surface area contributed by atoms with Gasteiger partial charge in [-0.3, -0.25) is 9.98 Å². The molecule has 3 aromatic rings. The molecular weight excluding hydrogens is 300 g/mol. The Balaban J connectivity index is 1.47. The summed E-state index contributed by atoms with van der Waals surface area (Å²) in [5.41, 5.74) is 4.37. The largest absolute Gasteiger partial charge is 0.348 e. The first kappa shape index (κ1) is 15.9. The Morgan fingerprint density at radius 2 is 1.38 bits per heavy atom. The van der Waals surface area contributed by atoms with Gasteiger partial charge in [0.2, 0.25) is 0 Å². The molecule has 0 aliphatic heterocycles. The quantitative estimate of drug-likeness (QED) is 0.625. The highest BCUT2D eigenvalue weighted by Crippen LogP contribution is 2.02. The third-order valence-electron chi connectivity index (χ3n) is 3.52. The van der Waals surface area contributed by atoms with Crippen molar-refractivity contribution in [3.8, 4) is 0 Å². The summed E-state index contributed by atoms with van der Waals surface area (Å²) in [4.78, 5) is 23.1. The highest BCUT2D eigenvalue weighted by molar-refractivity contribution is 5.86. The number of nitrogens with zero attached hydrogens (tertiary/aromatic N) is 4. The smallest absolute Gasteiger partial charge is 0.0921 e. The molecule has 0 fully saturated rings. The fraction of sp³-hybridized carbons (Fsp3) is 0.222. The topological polar surface area (TPSA) is 82.1 Å². The van der Waals surface area contributed by atoms with Crippen LogP contribution in [0.3, 0.4) is 0 Å². The molecule has 24 heavy (non-hydrogen) atoms. The molecule has 1 aromatic carbocycles. The van der Waals surface area contributed by atoms with Gasteiger partial charge in [-0.05, 0) is 17.2 Å². The Labute approximate surface area is 140 Å². The number of benzene rings is 1. The Kier molecular flexibility index (Phi) is 5.66. The lowest BCUT2D eigenvalue weighted by Crippen LogP contribution is -1.93. The van der Waals surface area contributed by atoms with E-state index in [-0.39, 0.29) is 0 Å². The second kappa shape index (κ2) is 8.57. The van der Waals surface area contributed by atoms with E-state index in [0.717, 1.165) is 48.4 Å². The van der Waals surface area contributed by atoms with Gasteiger partial charge in [0, 0.05) is 62.1 Å². The van der Waals surface area contributed by atoms with Crippen molar-refractivity contribution in [2.75, 3.05) is 13.1 Å². The molecule has 6 heteroatoms. The van der Waals surface area contributed by atoms with Crippen molar-refractivity contribution in [1.29, 1.82) is 0 Å². The monoisotopic (exact) mass is 320 g/mol. The lowest BCUT2D eigenvalue weighted by molar-refractivity contribution is 0.938. The number of rotatable bonds is 8. The van der Waals surface area contributed by atoms with E-state index >= 15 is 0 Å². The number of hydrogen-bond donors (Lipinski definition) is 2. The molecule has 0 atom stereocenters. The van der Waals surface area contributed by atoms with Crippen molar-refractivity contribution in [3.05, 3.63) is 71.8 Å². The highest BCUT2D eigenvalue weighted by atomic mass is 14.9. The number of hydrogen-bond acceptors (Lipinski definition) is 4. The fourth-order valence-corrected chi connectivity index (χ4v) is 2.27. The second-order valence-electron chi connectivity index (χ2n) is 5.39. The minimum Gasteiger partial charge on any atom is -0.348 e. The van der Waals surface area contributed by atoms with Crippen LogP contribution in [0, 0.1) is 0 Å². The van der Waals surface area contributed by atoms with Crippen LogP contribution in [-0.2, 0) is 12.8 Å². The van der Waals surface area contributed by atoms with E-state index < -0.39 is 0 Å². The van der Waals surface area contributed by atoms with E-state index in [1.165, 1.54) is 0 Å². The van der Waals surface area contributed by atoms with Crippen LogP contribution in [0.25, 0.3) is 0 Å². The average Bonchev–Trinajstić information content (AvgIpc) is 3.30. The summed E-state index contributed by atoms with van der Waals surface area (Å²) >= 11 is 0. The van der Waals surface area contributed by atoms with Gasteiger partial charge in [0.25, 0.3) is 0 Å². The summed E-state index contributed by atoms with van der Waals surface area (Å²) in [6, 6.07) is 8.19. The van der Waals surface area contributed by atoms with E-state index in [0.29, 0.717) is 0 Å². The van der Waals surface area contributed by atoms with Crippen LogP contribution in [0.2, 0.25) is 0 Å². The van der Waals surface area contributed by atoms with E-state index in [4.69, 9.17) is 0 Å². The molecule has 0 aliphatic rings. The molecule has 2 heterocycles. The Bertz CT molecular complexity index is 708. The third-order valence-corrected chi connectivity index (χ3v) is 3.52. The van der Waals surface area contributed by atoms with Gasteiger partial charge >= 0.3 is 0 Å². The first-order chi connectivity index (χ1) is 11.9. The summed E-state index contributed by atoms with van der Waals surface area (Å²) < 4.78 is 0. The van der Waals surface area contributed by atoms with Crippen LogP contribution in [0.1, 0.15) is 22.5 Å². The van der Waals surface area contributed by atoms with Gasteiger partial charge in [-0.1, -0.05) is 18.2 Å². The molecule has 122 valence electrons. The zero-order valence-electron chi connectivity index (χ0n) is 13.4. The van der Waals surface area contributed by atoms with Crippen LogP contribution >= 0.6 is 0 Å². The molecule has 6 nitrogen and oxygen atoms in total. The van der Waals surface area contributed by atoms with Crippen molar-refractivity contribution >= 4 is 12.4 Å². The van der Waals surface area contributed by atoms with Gasteiger partial charge in [-0.25, -0.2) is 9.97 Å². The average molecular weight is 320 g/mol. The van der Waals surface area contributed by atoms with Gasteiger partial charge in [0.05, 0.1) is 12.7 Å². The number of aromatic nitrogens is 4. The molecule has 0 bridgehead atoms. The molecule has 0 saturated heterocycles. The maximum absolute atomic E-state index is 4.46. The van der Waals surface area contributed by atoms with E-state index in [2.05, 4.69) is 36.0 Å². The number of imidazole rings is 2. The van der Waals surface area contributed by atoms with Crippen molar-refractivity contribution in [1.82, 2.24) is 19.9 Å². The predicted octanol–water partition coefficient (Wildman–Crippen LogP) is 2.46. The first-order valence-corrected chi connectivity index (χ1v) is 7.94. The maximum atomic E-state index is 4.46. The van der Waals surface area contributed by atoms with E-state index in [1.807, 2.05) is 43.0 Å². The zero-order valence-corrected chi connectivity index (χ0v) is 13.4. The first-order valence-electron chi connectivity index (χ1n) is 7.94. The molecule has 0 spiro atoms. The van der Waals surface area contributed by atoms with Crippen LogP contribution < -0.4 is 0 Å². The van der Waals surface area contributed by atoms with Crippen LogP contribution in [0.5, 0.6) is 0 Å². The summed E-state index contributed by atoms with van der Waals surface area (Å²) in [5.74, 6) is 0. The molecule has 2 aromatic heterocycles. The van der Waals surface area contributed by atoms with Gasteiger partial charge in [-0.15, -0.1) is 0 Å². The molecule has 3 rings (SSSR count). The molecular formula is C18H20N6. The molecule has 0 saturated carbocycles. The van der Waals surface area contributed by atoms with Gasteiger partial charge in [0.1, 0.15) is 0 Å². The van der Waals surface area contributed by atoms with Gasteiger partial charge in [0.15, 0.2) is 0 Å². The van der Waals surface area contributed by atoms with Crippen LogP contribution in [0.15, 0.2) is 59.3 Å². The Morgan fingerprint density at radius 1 is 0.833 bits per heavy atom. The summed E-state index contributed by atoms with van der Waals surface area (Å²) in [6.07, 6.45) is 12.6. The second-order valence-corrected chi connectivity index (χ2v) is 5.39. The lowest BCUT2D eigenvalue weighted by atomic mass is 10.1. The van der Waals surface area contributed by atoms with E-state index in [1.54, 1.807) is 12.7 Å². The third kappa shape index (κ3) is 5.01. The van der Waals surface area contributed by atoms with Crippen molar-refractivity contribution < 1.29 is 0 Å². The Morgan fingerprint density at radius 3 is 1.83 bits per heavy atom. The summed E-state index contributed by atoms with van der Waals surface area (Å²) in [7, 11) is 0. The number of aromatic amines is 2. The Hall–Kier alpha value is -3.02. The van der Waals surface area contributed by atoms with Gasteiger partial charge in [-0.2, -0.15) is 0 Å². The molecule has 0 aliphatic carbocycles. The lowest BCUT2D eigenvalue weighted by Gasteiger charge is -1.97. The zero-order chi connectivity index (χ0) is 16.5. The molecule has 0 unspecified atom stereocenters. The molecule has 0 radical (unpaired) electrons. The minimum atomic E-state index is 0.741. The predicted molar refractivity (Wildman–Crippen MR) is 95.9 cm³/mol. The summed E-state index contributed by atoms with van der Waals surface area (Å²) in [5, 5.41) is 0. The standard InChI is InChI=1S/C18H20N6/c1-2-15(9-19-6-4-17-11-21-13-23-17)8-16(3-1)10-20-7-5-18-12-22-14-24-18/h1-3,8-14H,4-7H2,(H,21,23)(H,22,24). The normalized spacial score (nSPS) is 11.7. The number of H-pyrrole nitrogens is 2. The van der Waals surface area contributed by atoms with Crippen molar-refractivity contribution in [2.24, 2.45) is 9.98 Å². The highest BCUT2D eigenvalue weighted by Gasteiger charge is 1.94. The minimum absolute atomic E-state index is 0.741. The molecule has 2 N–H and O–H groups in total. The van der Waals surface area contributed by atoms with Crippen LogP contribution in [0.4, 0.5) is 0 Å². The summed E-state index contributed by atoms with van der Waals surface area (Å²) in [6.45, 7) is 1.48. The number of nitrogens with one attached hydrogen (secondary N) is 2. The number of aliphatic imine (C=N–C) groups is 2.